The highest BCUT2D eigenvalue weighted by atomic mass is 16.5. The third kappa shape index (κ3) is 2.96. The van der Waals surface area contributed by atoms with Crippen molar-refractivity contribution in [1.82, 2.24) is 5.32 Å². The van der Waals surface area contributed by atoms with E-state index in [9.17, 15) is 0 Å². The molecule has 18 heavy (non-hydrogen) atoms. The van der Waals surface area contributed by atoms with Gasteiger partial charge in [-0.25, -0.2) is 0 Å². The fourth-order valence-corrected chi connectivity index (χ4v) is 2.54. The molecule has 0 radical (unpaired) electrons. The van der Waals surface area contributed by atoms with Crippen LogP contribution in [0.25, 0.3) is 0 Å². The molecule has 0 saturated carbocycles. The fourth-order valence-electron chi connectivity index (χ4n) is 2.54. The van der Waals surface area contributed by atoms with E-state index in [1.54, 1.807) is 7.11 Å². The molecule has 1 aromatic carbocycles. The molecule has 1 aromatic rings. The molecule has 0 spiro atoms. The Kier molecular flexibility index (Phi) is 4.48. The first kappa shape index (κ1) is 13.2. The molecule has 0 aliphatic carbocycles. The zero-order valence-corrected chi connectivity index (χ0v) is 11.7. The van der Waals surface area contributed by atoms with Crippen LogP contribution >= 0.6 is 0 Å². The van der Waals surface area contributed by atoms with E-state index in [4.69, 9.17) is 4.74 Å². The molecule has 3 heteroatoms. The Bertz CT molecular complexity index is 398. The van der Waals surface area contributed by atoms with Gasteiger partial charge < -0.3 is 15.4 Å². The molecule has 3 nitrogen and oxygen atoms in total. The second kappa shape index (κ2) is 6.10. The van der Waals surface area contributed by atoms with Gasteiger partial charge >= 0.3 is 0 Å². The van der Waals surface area contributed by atoms with E-state index in [2.05, 4.69) is 30.5 Å². The van der Waals surface area contributed by atoms with Crippen molar-refractivity contribution in [3.05, 3.63) is 23.3 Å². The molecule has 2 N–H and O–H groups in total. The molecule has 0 amide bonds. The highest BCUT2D eigenvalue weighted by Gasteiger charge is 2.13. The van der Waals surface area contributed by atoms with Crippen LogP contribution in [0.4, 0.5) is 5.69 Å². The minimum Gasteiger partial charge on any atom is -0.496 e. The van der Waals surface area contributed by atoms with Crippen molar-refractivity contribution >= 4 is 5.69 Å². The average molecular weight is 248 g/mol. The Balaban J connectivity index is 1.98. The van der Waals surface area contributed by atoms with Crippen LogP contribution in [0.3, 0.4) is 0 Å². The lowest BCUT2D eigenvalue weighted by atomic mass is 10.0. The molecule has 1 atom stereocenters. The Morgan fingerprint density at radius 1 is 1.28 bits per heavy atom. The van der Waals surface area contributed by atoms with Gasteiger partial charge in [-0.05, 0) is 56.5 Å². The van der Waals surface area contributed by atoms with Crippen LogP contribution in [-0.2, 0) is 0 Å². The summed E-state index contributed by atoms with van der Waals surface area (Å²) in [6.07, 6.45) is 3.94. The van der Waals surface area contributed by atoms with Gasteiger partial charge in [0.1, 0.15) is 5.75 Å². The van der Waals surface area contributed by atoms with E-state index in [1.165, 1.54) is 36.1 Å². The van der Waals surface area contributed by atoms with Crippen molar-refractivity contribution in [2.75, 3.05) is 25.5 Å². The topological polar surface area (TPSA) is 33.3 Å². The first-order valence-corrected chi connectivity index (χ1v) is 6.84. The lowest BCUT2D eigenvalue weighted by Gasteiger charge is -2.25. The Labute approximate surface area is 110 Å². The first-order valence-electron chi connectivity index (χ1n) is 6.84. The van der Waals surface area contributed by atoms with Gasteiger partial charge in [-0.1, -0.05) is 6.42 Å². The number of hydrogen-bond donors (Lipinski definition) is 2. The molecule has 1 aliphatic heterocycles. The quantitative estimate of drug-likeness (QED) is 0.859. The number of anilines is 1. The van der Waals surface area contributed by atoms with Gasteiger partial charge in [0.2, 0.25) is 0 Å². The van der Waals surface area contributed by atoms with E-state index >= 15 is 0 Å². The summed E-state index contributed by atoms with van der Waals surface area (Å²) in [6, 6.07) is 4.77. The molecule has 1 saturated heterocycles. The summed E-state index contributed by atoms with van der Waals surface area (Å²) in [5.41, 5.74) is 3.73. The number of nitrogens with one attached hydrogen (secondary N) is 2. The van der Waals surface area contributed by atoms with Gasteiger partial charge in [0.05, 0.1) is 7.11 Å². The Morgan fingerprint density at radius 2 is 2.11 bits per heavy atom. The van der Waals surface area contributed by atoms with Crippen LogP contribution in [0.2, 0.25) is 0 Å². The van der Waals surface area contributed by atoms with Crippen molar-refractivity contribution in [1.29, 1.82) is 0 Å². The fraction of sp³-hybridized carbons (Fsp3) is 0.600. The third-order valence-electron chi connectivity index (χ3n) is 3.91. The van der Waals surface area contributed by atoms with Crippen LogP contribution in [0.5, 0.6) is 5.75 Å². The number of methoxy groups -OCH3 is 1. The molecular weight excluding hydrogens is 224 g/mol. The van der Waals surface area contributed by atoms with Gasteiger partial charge in [-0.2, -0.15) is 0 Å². The summed E-state index contributed by atoms with van der Waals surface area (Å²) in [6.45, 7) is 6.42. The number of benzene rings is 1. The highest BCUT2D eigenvalue weighted by Crippen LogP contribution is 2.27. The zero-order valence-electron chi connectivity index (χ0n) is 11.7. The SMILES string of the molecule is COc1ccc(NCC2CCCCN2)c(C)c1C. The van der Waals surface area contributed by atoms with E-state index < -0.39 is 0 Å². The second-order valence-corrected chi connectivity index (χ2v) is 5.09. The Morgan fingerprint density at radius 3 is 2.78 bits per heavy atom. The smallest absolute Gasteiger partial charge is 0.122 e. The van der Waals surface area contributed by atoms with Crippen LogP contribution in [0.15, 0.2) is 12.1 Å². The maximum Gasteiger partial charge on any atom is 0.122 e. The molecular formula is C15H24N2O. The van der Waals surface area contributed by atoms with Crippen LogP contribution in [0, 0.1) is 13.8 Å². The van der Waals surface area contributed by atoms with Gasteiger partial charge in [-0.15, -0.1) is 0 Å². The summed E-state index contributed by atoms with van der Waals surface area (Å²) >= 11 is 0. The van der Waals surface area contributed by atoms with Crippen LogP contribution in [-0.4, -0.2) is 26.2 Å². The first-order chi connectivity index (χ1) is 8.72. The zero-order chi connectivity index (χ0) is 13.0. The molecule has 0 bridgehead atoms. The molecule has 1 fully saturated rings. The summed E-state index contributed by atoms with van der Waals surface area (Å²) in [4.78, 5) is 0. The largest absolute Gasteiger partial charge is 0.496 e. The third-order valence-corrected chi connectivity index (χ3v) is 3.91. The minimum absolute atomic E-state index is 0.612. The summed E-state index contributed by atoms with van der Waals surface area (Å²) in [7, 11) is 1.72. The molecule has 1 unspecified atom stereocenters. The number of ether oxygens (including phenoxy) is 1. The predicted octanol–water partition coefficient (Wildman–Crippen LogP) is 2.87. The highest BCUT2D eigenvalue weighted by molar-refractivity contribution is 5.58. The maximum absolute atomic E-state index is 5.34. The molecule has 2 rings (SSSR count). The summed E-state index contributed by atoms with van der Waals surface area (Å²) < 4.78 is 5.34. The molecule has 1 heterocycles. The van der Waals surface area contributed by atoms with E-state index in [0.717, 1.165) is 18.8 Å². The number of hydrogen-bond acceptors (Lipinski definition) is 3. The molecule has 0 aromatic heterocycles. The summed E-state index contributed by atoms with van der Waals surface area (Å²) in [5.74, 6) is 0.967. The monoisotopic (exact) mass is 248 g/mol. The van der Waals surface area contributed by atoms with Gasteiger partial charge in [-0.3, -0.25) is 0 Å². The van der Waals surface area contributed by atoms with Crippen LogP contribution < -0.4 is 15.4 Å². The van der Waals surface area contributed by atoms with Crippen molar-refractivity contribution < 1.29 is 4.74 Å². The molecule has 100 valence electrons. The number of piperidine rings is 1. The van der Waals surface area contributed by atoms with E-state index in [-0.39, 0.29) is 0 Å². The van der Waals surface area contributed by atoms with Crippen molar-refractivity contribution in [2.24, 2.45) is 0 Å². The van der Waals surface area contributed by atoms with Crippen molar-refractivity contribution in [3.63, 3.8) is 0 Å². The van der Waals surface area contributed by atoms with E-state index in [1.807, 2.05) is 6.07 Å². The van der Waals surface area contributed by atoms with E-state index in [0.29, 0.717) is 6.04 Å². The van der Waals surface area contributed by atoms with Gasteiger partial charge in [0, 0.05) is 18.3 Å². The minimum atomic E-state index is 0.612. The predicted molar refractivity (Wildman–Crippen MR) is 76.6 cm³/mol. The lowest BCUT2D eigenvalue weighted by molar-refractivity contribution is 0.410. The second-order valence-electron chi connectivity index (χ2n) is 5.09. The molecule has 1 aliphatic rings. The summed E-state index contributed by atoms with van der Waals surface area (Å²) in [5, 5.41) is 7.12. The number of rotatable bonds is 4. The standard InChI is InChI=1S/C15H24N2O/c1-11-12(2)15(18-3)8-7-14(11)17-10-13-6-4-5-9-16-13/h7-8,13,16-17H,4-6,9-10H2,1-3H3. The van der Waals surface area contributed by atoms with Crippen molar-refractivity contribution in [3.8, 4) is 5.75 Å². The van der Waals surface area contributed by atoms with Crippen molar-refractivity contribution in [2.45, 2.75) is 39.2 Å². The lowest BCUT2D eigenvalue weighted by Crippen LogP contribution is -2.39. The maximum atomic E-state index is 5.34. The Hall–Kier alpha value is -1.22. The van der Waals surface area contributed by atoms with Crippen LogP contribution in [0.1, 0.15) is 30.4 Å². The normalized spacial score (nSPS) is 19.6. The van der Waals surface area contributed by atoms with Gasteiger partial charge in [0.25, 0.3) is 0 Å². The van der Waals surface area contributed by atoms with Gasteiger partial charge in [0.15, 0.2) is 0 Å². The average Bonchev–Trinajstić information content (AvgIpc) is 2.42.